The van der Waals surface area contributed by atoms with Crippen LogP contribution in [-0.2, 0) is 6.42 Å². The Labute approximate surface area is 98.4 Å². The number of aryl methyl sites for hydroxylation is 1. The first-order chi connectivity index (χ1) is 7.13. The number of aromatic amines is 1. The van der Waals surface area contributed by atoms with E-state index in [0.29, 0.717) is 16.6 Å². The Bertz CT molecular complexity index is 503. The number of nitrogens with one attached hydrogen (secondary N) is 1. The van der Waals surface area contributed by atoms with Gasteiger partial charge < -0.3 is 10.7 Å². The molecule has 15 heavy (non-hydrogen) atoms. The van der Waals surface area contributed by atoms with Gasteiger partial charge in [-0.2, -0.15) is 0 Å². The molecule has 3 N–H and O–H groups in total. The van der Waals surface area contributed by atoms with E-state index in [1.165, 1.54) is 5.56 Å². The number of benzene rings is 1. The van der Waals surface area contributed by atoms with Gasteiger partial charge in [-0.25, -0.2) is 0 Å². The van der Waals surface area contributed by atoms with Crippen molar-refractivity contribution < 1.29 is 0 Å². The lowest BCUT2D eigenvalue weighted by molar-refractivity contribution is 0.963. The quantitative estimate of drug-likeness (QED) is 0.834. The van der Waals surface area contributed by atoms with Crippen LogP contribution in [0, 0.1) is 6.92 Å². The van der Waals surface area contributed by atoms with Gasteiger partial charge in [0.1, 0.15) is 0 Å². The first-order valence-electron chi connectivity index (χ1n) is 4.79. The van der Waals surface area contributed by atoms with Crippen LogP contribution < -0.4 is 5.73 Å². The molecule has 4 heteroatoms. The normalized spacial score (nSPS) is 11.2. The molecule has 0 spiro atoms. The molecule has 0 aliphatic rings. The molecule has 1 heterocycles. The van der Waals surface area contributed by atoms with E-state index >= 15 is 0 Å². The molecule has 0 radical (unpaired) electrons. The lowest BCUT2D eigenvalue weighted by atomic mass is 10.1. The molecule has 0 fully saturated rings. The van der Waals surface area contributed by atoms with Gasteiger partial charge in [-0.15, -0.1) is 0 Å². The third-order valence-corrected chi connectivity index (χ3v) is 3.06. The predicted molar refractivity (Wildman–Crippen MR) is 65.8 cm³/mol. The van der Waals surface area contributed by atoms with Gasteiger partial charge in [0.2, 0.25) is 0 Å². The van der Waals surface area contributed by atoms with Gasteiger partial charge in [0.15, 0.2) is 0 Å². The van der Waals surface area contributed by atoms with Crippen LogP contribution in [0.25, 0.3) is 10.9 Å². The lowest BCUT2D eigenvalue weighted by Gasteiger charge is -1.99. The maximum atomic E-state index is 6.10. The first kappa shape index (κ1) is 10.8. The zero-order valence-electron chi connectivity index (χ0n) is 8.40. The van der Waals surface area contributed by atoms with Crippen molar-refractivity contribution in [2.45, 2.75) is 13.3 Å². The molecule has 1 aromatic carbocycles. The van der Waals surface area contributed by atoms with E-state index in [-0.39, 0.29) is 0 Å². The Balaban J connectivity index is 2.74. The van der Waals surface area contributed by atoms with Gasteiger partial charge in [-0.3, -0.25) is 0 Å². The monoisotopic (exact) mass is 242 g/mol. The van der Waals surface area contributed by atoms with Gasteiger partial charge in [-0.1, -0.05) is 23.2 Å². The molecule has 0 bridgehead atoms. The minimum absolute atomic E-state index is 0.623. The first-order valence-corrected chi connectivity index (χ1v) is 5.55. The summed E-state index contributed by atoms with van der Waals surface area (Å²) in [5.41, 5.74) is 8.84. The Kier molecular flexibility index (Phi) is 2.91. The lowest BCUT2D eigenvalue weighted by Crippen LogP contribution is -2.03. The molecule has 0 saturated carbocycles. The van der Waals surface area contributed by atoms with E-state index in [0.717, 1.165) is 23.0 Å². The highest BCUT2D eigenvalue weighted by Gasteiger charge is 2.10. The topological polar surface area (TPSA) is 41.8 Å². The van der Waals surface area contributed by atoms with E-state index in [2.05, 4.69) is 4.98 Å². The number of fused-ring (bicyclic) bond motifs is 1. The number of rotatable bonds is 2. The smallest absolute Gasteiger partial charge is 0.0662 e. The predicted octanol–water partition coefficient (Wildman–Crippen LogP) is 3.28. The van der Waals surface area contributed by atoms with Crippen molar-refractivity contribution in [1.82, 2.24) is 4.98 Å². The molecule has 80 valence electrons. The zero-order chi connectivity index (χ0) is 11.0. The molecular weight excluding hydrogens is 231 g/mol. The highest BCUT2D eigenvalue weighted by atomic mass is 35.5. The maximum absolute atomic E-state index is 6.10. The minimum Gasteiger partial charge on any atom is -0.357 e. The number of aromatic nitrogens is 1. The largest absolute Gasteiger partial charge is 0.357 e. The summed E-state index contributed by atoms with van der Waals surface area (Å²) in [6, 6.07) is 3.67. The Hall–Kier alpha value is -0.700. The minimum atomic E-state index is 0.623. The number of nitrogens with two attached hydrogens (primary N) is 1. The van der Waals surface area contributed by atoms with E-state index < -0.39 is 0 Å². The van der Waals surface area contributed by atoms with Crippen molar-refractivity contribution in [2.24, 2.45) is 5.73 Å². The summed E-state index contributed by atoms with van der Waals surface area (Å²) in [6.45, 7) is 2.65. The molecule has 0 unspecified atom stereocenters. The van der Waals surface area contributed by atoms with Crippen LogP contribution >= 0.6 is 23.2 Å². The van der Waals surface area contributed by atoms with Crippen LogP contribution in [0.4, 0.5) is 0 Å². The third-order valence-electron chi connectivity index (χ3n) is 2.54. The molecule has 0 saturated heterocycles. The SMILES string of the molecule is Cc1[nH]c2c(Cl)cc(Cl)cc2c1CCN. The zero-order valence-corrected chi connectivity index (χ0v) is 9.91. The van der Waals surface area contributed by atoms with Crippen LogP contribution in [0.1, 0.15) is 11.3 Å². The standard InChI is InChI=1S/C11H12Cl2N2/c1-6-8(2-3-14)9-4-7(12)5-10(13)11(9)15-6/h4-5,15H,2-3,14H2,1H3. The van der Waals surface area contributed by atoms with Crippen molar-refractivity contribution in [2.75, 3.05) is 6.54 Å². The molecule has 0 amide bonds. The second-order valence-electron chi connectivity index (χ2n) is 3.58. The summed E-state index contributed by atoms with van der Waals surface area (Å²) in [7, 11) is 0. The van der Waals surface area contributed by atoms with Gasteiger partial charge in [-0.05, 0) is 37.6 Å². The number of hydrogen-bond donors (Lipinski definition) is 2. The van der Waals surface area contributed by atoms with Crippen LogP contribution in [-0.4, -0.2) is 11.5 Å². The fourth-order valence-electron chi connectivity index (χ4n) is 1.87. The number of halogens is 2. The molecule has 0 atom stereocenters. The van der Waals surface area contributed by atoms with Gasteiger partial charge >= 0.3 is 0 Å². The molecule has 2 rings (SSSR count). The number of hydrogen-bond acceptors (Lipinski definition) is 1. The van der Waals surface area contributed by atoms with E-state index in [1.54, 1.807) is 6.07 Å². The van der Waals surface area contributed by atoms with Crippen molar-refractivity contribution in [1.29, 1.82) is 0 Å². The Morgan fingerprint density at radius 3 is 2.73 bits per heavy atom. The van der Waals surface area contributed by atoms with Crippen molar-refractivity contribution >= 4 is 34.1 Å². The summed E-state index contributed by atoms with van der Waals surface area (Å²) in [6.07, 6.45) is 0.836. The summed E-state index contributed by atoms with van der Waals surface area (Å²) in [4.78, 5) is 3.26. The molecule has 0 aliphatic carbocycles. The molecule has 1 aromatic heterocycles. The molecular formula is C11H12Cl2N2. The van der Waals surface area contributed by atoms with Crippen LogP contribution in [0.5, 0.6) is 0 Å². The molecule has 0 aliphatic heterocycles. The number of H-pyrrole nitrogens is 1. The highest BCUT2D eigenvalue weighted by Crippen LogP contribution is 2.31. The van der Waals surface area contributed by atoms with Crippen molar-refractivity contribution in [3.63, 3.8) is 0 Å². The van der Waals surface area contributed by atoms with E-state index in [9.17, 15) is 0 Å². The van der Waals surface area contributed by atoms with Crippen LogP contribution in [0.3, 0.4) is 0 Å². The highest BCUT2D eigenvalue weighted by molar-refractivity contribution is 6.38. The van der Waals surface area contributed by atoms with Gasteiger partial charge in [0.05, 0.1) is 10.5 Å². The molecule has 2 aromatic rings. The van der Waals surface area contributed by atoms with Crippen LogP contribution in [0.2, 0.25) is 10.0 Å². The Morgan fingerprint density at radius 2 is 2.07 bits per heavy atom. The summed E-state index contributed by atoms with van der Waals surface area (Å²) >= 11 is 12.1. The van der Waals surface area contributed by atoms with E-state index in [4.69, 9.17) is 28.9 Å². The average molecular weight is 243 g/mol. The van der Waals surface area contributed by atoms with Crippen molar-refractivity contribution in [3.8, 4) is 0 Å². The maximum Gasteiger partial charge on any atom is 0.0662 e. The fraction of sp³-hybridized carbons (Fsp3) is 0.273. The second-order valence-corrected chi connectivity index (χ2v) is 4.42. The summed E-state index contributed by atoms with van der Waals surface area (Å²) < 4.78 is 0. The fourth-order valence-corrected chi connectivity index (χ4v) is 2.41. The van der Waals surface area contributed by atoms with E-state index in [1.807, 2.05) is 13.0 Å². The van der Waals surface area contributed by atoms with Gasteiger partial charge in [0.25, 0.3) is 0 Å². The molecule has 2 nitrogen and oxygen atoms in total. The Morgan fingerprint density at radius 1 is 1.33 bits per heavy atom. The average Bonchev–Trinajstić information content (AvgIpc) is 2.46. The van der Waals surface area contributed by atoms with Crippen LogP contribution in [0.15, 0.2) is 12.1 Å². The second kappa shape index (κ2) is 4.05. The third kappa shape index (κ3) is 1.85. The van der Waals surface area contributed by atoms with Crippen molar-refractivity contribution in [3.05, 3.63) is 33.4 Å². The summed E-state index contributed by atoms with van der Waals surface area (Å²) in [5.74, 6) is 0. The van der Waals surface area contributed by atoms with Gasteiger partial charge in [0, 0.05) is 16.1 Å². The summed E-state index contributed by atoms with van der Waals surface area (Å²) in [5, 5.41) is 2.39.